The van der Waals surface area contributed by atoms with Crippen molar-refractivity contribution in [2.75, 3.05) is 32.1 Å². The Kier molecular flexibility index (Phi) is 4.89. The van der Waals surface area contributed by atoms with Crippen LogP contribution in [0.1, 0.15) is 44.2 Å². The predicted octanol–water partition coefficient (Wildman–Crippen LogP) is 6.05. The minimum atomic E-state index is -0.714. The molecule has 0 aliphatic carbocycles. The van der Waals surface area contributed by atoms with Gasteiger partial charge in [-0.15, -0.1) is 0 Å². The molecule has 3 heterocycles. The largest absolute Gasteiger partial charge is 0.497 e. The number of hydrogen-bond acceptors (Lipinski definition) is 5. The Morgan fingerprint density at radius 3 is 2.62 bits per heavy atom. The molecule has 3 aliphatic rings. The maximum Gasteiger partial charge on any atom is 0.228 e. The summed E-state index contributed by atoms with van der Waals surface area (Å²) in [5.74, 6) is 1.79. The van der Waals surface area contributed by atoms with Gasteiger partial charge in [-0.2, -0.15) is 0 Å². The minimum Gasteiger partial charge on any atom is -0.497 e. The van der Waals surface area contributed by atoms with Gasteiger partial charge in [0.1, 0.15) is 11.4 Å². The molecule has 176 valence electrons. The number of fused-ring (bicyclic) bond motifs is 4. The zero-order chi connectivity index (χ0) is 23.5. The van der Waals surface area contributed by atoms with Crippen molar-refractivity contribution in [2.45, 2.75) is 50.8 Å². The molecular weight excluding hydrogens is 422 g/mol. The molecule has 1 fully saturated rings. The quantitative estimate of drug-likeness (QED) is 0.482. The highest BCUT2D eigenvalue weighted by molar-refractivity contribution is 6.00. The molecule has 3 aromatic rings. The Morgan fingerprint density at radius 1 is 1.03 bits per heavy atom. The summed E-state index contributed by atoms with van der Waals surface area (Å²) in [6, 6.07) is 17.1. The Hall–Kier alpha value is -3.05. The summed E-state index contributed by atoms with van der Waals surface area (Å²) in [5, 5.41) is 2.36. The molecule has 3 aliphatic heterocycles. The third kappa shape index (κ3) is 2.99. The number of likely N-dealkylation sites (tertiary alicyclic amines) is 1. The highest BCUT2D eigenvalue weighted by atomic mass is 16.5. The second kappa shape index (κ2) is 7.74. The average molecular weight is 456 g/mol. The molecule has 1 atom stereocenters. The van der Waals surface area contributed by atoms with E-state index in [0.717, 1.165) is 47.9 Å². The standard InChI is InChI=1S/C29H33N3O2/c1-28(2)24-17-22(33-4)12-13-25(24)31(3)29(28)19-30-26-23-11-7-6-10-20(23)16-21(27(26)34-29)18-32-14-8-5-9-15-32/h6-7,10-13,16-17,19H,5,8-9,14-15,18H2,1-4H3. The molecule has 1 spiro atoms. The zero-order valence-electron chi connectivity index (χ0n) is 20.6. The van der Waals surface area contributed by atoms with E-state index >= 15 is 0 Å². The van der Waals surface area contributed by atoms with Gasteiger partial charge in [-0.05, 0) is 75.0 Å². The number of methoxy groups -OCH3 is 1. The van der Waals surface area contributed by atoms with Crippen molar-refractivity contribution in [2.24, 2.45) is 4.99 Å². The highest BCUT2D eigenvalue weighted by Gasteiger charge is 2.59. The van der Waals surface area contributed by atoms with Gasteiger partial charge in [0.05, 0.1) is 18.7 Å². The minimum absolute atomic E-state index is 0.332. The summed E-state index contributed by atoms with van der Waals surface area (Å²) in [6.07, 6.45) is 5.90. The Morgan fingerprint density at radius 2 is 1.82 bits per heavy atom. The topological polar surface area (TPSA) is 37.3 Å². The SMILES string of the molecule is COc1ccc2c(c1)C(C)(C)C1(C=Nc3c(c(CN4CCCCC4)cc4ccccc34)O1)N2C. The van der Waals surface area contributed by atoms with Crippen molar-refractivity contribution < 1.29 is 9.47 Å². The van der Waals surface area contributed by atoms with Crippen LogP contribution in [0.3, 0.4) is 0 Å². The molecule has 0 radical (unpaired) electrons. The maximum atomic E-state index is 7.15. The van der Waals surface area contributed by atoms with Crippen molar-refractivity contribution in [1.29, 1.82) is 0 Å². The summed E-state index contributed by atoms with van der Waals surface area (Å²) in [6.45, 7) is 7.68. The Labute approximate surface area is 202 Å². The number of anilines is 1. The molecule has 0 N–H and O–H groups in total. The van der Waals surface area contributed by atoms with Crippen molar-refractivity contribution in [3.8, 4) is 11.5 Å². The fourth-order valence-corrected chi connectivity index (χ4v) is 6.09. The average Bonchev–Trinajstić information content (AvgIpc) is 3.02. The lowest BCUT2D eigenvalue weighted by atomic mass is 9.77. The van der Waals surface area contributed by atoms with E-state index in [1.165, 1.54) is 35.8 Å². The van der Waals surface area contributed by atoms with E-state index in [0.29, 0.717) is 0 Å². The summed E-state index contributed by atoms with van der Waals surface area (Å²) >= 11 is 0. The fourth-order valence-electron chi connectivity index (χ4n) is 6.09. The lowest BCUT2D eigenvalue weighted by molar-refractivity contribution is 0.0800. The van der Waals surface area contributed by atoms with E-state index in [-0.39, 0.29) is 5.41 Å². The van der Waals surface area contributed by atoms with E-state index in [1.54, 1.807) is 7.11 Å². The molecule has 5 heteroatoms. The molecule has 1 unspecified atom stereocenters. The number of hydrogen-bond donors (Lipinski definition) is 0. The maximum absolute atomic E-state index is 7.15. The van der Waals surface area contributed by atoms with Crippen LogP contribution in [0.4, 0.5) is 11.4 Å². The number of rotatable bonds is 3. The van der Waals surface area contributed by atoms with Crippen LogP contribution >= 0.6 is 0 Å². The second-order valence-corrected chi connectivity index (χ2v) is 10.4. The number of likely N-dealkylation sites (N-methyl/N-ethyl adjacent to an activating group) is 1. The molecule has 0 bridgehead atoms. The van der Waals surface area contributed by atoms with E-state index in [4.69, 9.17) is 14.5 Å². The lowest BCUT2D eigenvalue weighted by Crippen LogP contribution is -2.61. The predicted molar refractivity (Wildman–Crippen MR) is 139 cm³/mol. The van der Waals surface area contributed by atoms with Crippen LogP contribution in [0, 0.1) is 0 Å². The summed E-state index contributed by atoms with van der Waals surface area (Å²) in [7, 11) is 3.83. The number of piperidine rings is 1. The van der Waals surface area contributed by atoms with Gasteiger partial charge in [0, 0.05) is 30.2 Å². The Balaban J connectivity index is 1.50. The molecule has 3 aromatic carbocycles. The lowest BCUT2D eigenvalue weighted by Gasteiger charge is -2.45. The van der Waals surface area contributed by atoms with Gasteiger partial charge >= 0.3 is 0 Å². The van der Waals surface area contributed by atoms with Crippen molar-refractivity contribution in [1.82, 2.24) is 4.90 Å². The molecule has 6 rings (SSSR count). The number of aliphatic imine (C=N–C) groups is 1. The third-order valence-corrected chi connectivity index (χ3v) is 8.15. The van der Waals surface area contributed by atoms with Gasteiger partial charge in [-0.25, -0.2) is 0 Å². The van der Waals surface area contributed by atoms with Crippen molar-refractivity contribution >= 4 is 28.4 Å². The first kappa shape index (κ1) is 21.5. The molecular formula is C29H33N3O2. The smallest absolute Gasteiger partial charge is 0.228 e. The summed E-state index contributed by atoms with van der Waals surface area (Å²) < 4.78 is 12.7. The van der Waals surface area contributed by atoms with Crippen molar-refractivity contribution in [3.05, 3.63) is 59.7 Å². The number of ether oxygens (including phenoxy) is 2. The van der Waals surface area contributed by atoms with Crippen LogP contribution in [0.5, 0.6) is 11.5 Å². The monoisotopic (exact) mass is 455 g/mol. The van der Waals surface area contributed by atoms with Gasteiger partial charge in [-0.1, -0.05) is 30.7 Å². The zero-order valence-corrected chi connectivity index (χ0v) is 20.6. The van der Waals surface area contributed by atoms with Gasteiger partial charge < -0.3 is 14.4 Å². The normalized spacial score (nSPS) is 23.1. The van der Waals surface area contributed by atoms with Crippen LogP contribution < -0.4 is 14.4 Å². The summed E-state index contributed by atoms with van der Waals surface area (Å²) in [4.78, 5) is 9.95. The van der Waals surface area contributed by atoms with Crippen molar-refractivity contribution in [3.63, 3.8) is 0 Å². The summed E-state index contributed by atoms with van der Waals surface area (Å²) in [5.41, 5.74) is 3.49. The van der Waals surface area contributed by atoms with Crippen LogP contribution in [-0.2, 0) is 12.0 Å². The molecule has 0 aromatic heterocycles. The first-order chi connectivity index (χ1) is 16.4. The highest BCUT2D eigenvalue weighted by Crippen LogP contribution is 2.55. The molecule has 5 nitrogen and oxygen atoms in total. The van der Waals surface area contributed by atoms with E-state index < -0.39 is 5.72 Å². The third-order valence-electron chi connectivity index (χ3n) is 8.15. The van der Waals surface area contributed by atoms with Gasteiger partial charge in [0.25, 0.3) is 0 Å². The van der Waals surface area contributed by atoms with Crippen LogP contribution in [-0.4, -0.2) is 44.1 Å². The molecule has 0 amide bonds. The Bertz CT molecular complexity index is 1290. The van der Waals surface area contributed by atoms with Crippen LogP contribution in [0.2, 0.25) is 0 Å². The number of benzene rings is 3. The van der Waals surface area contributed by atoms with Gasteiger partial charge in [0.15, 0.2) is 5.75 Å². The van der Waals surface area contributed by atoms with Crippen LogP contribution in [0.15, 0.2) is 53.5 Å². The molecule has 0 saturated carbocycles. The number of nitrogens with zero attached hydrogens (tertiary/aromatic N) is 3. The first-order valence-corrected chi connectivity index (χ1v) is 12.4. The van der Waals surface area contributed by atoms with E-state index in [1.807, 2.05) is 12.3 Å². The molecule has 34 heavy (non-hydrogen) atoms. The van der Waals surface area contributed by atoms with Gasteiger partial charge in [-0.3, -0.25) is 9.89 Å². The van der Waals surface area contributed by atoms with E-state index in [2.05, 4.69) is 73.2 Å². The van der Waals surface area contributed by atoms with E-state index in [9.17, 15) is 0 Å². The fraction of sp³-hybridized carbons (Fsp3) is 0.414. The van der Waals surface area contributed by atoms with Crippen LogP contribution in [0.25, 0.3) is 10.8 Å². The molecule has 1 saturated heterocycles. The van der Waals surface area contributed by atoms with Gasteiger partial charge in [0.2, 0.25) is 5.72 Å². The first-order valence-electron chi connectivity index (χ1n) is 12.4. The second-order valence-electron chi connectivity index (χ2n) is 10.4.